The molecule has 0 spiro atoms. The predicted molar refractivity (Wildman–Crippen MR) is 105 cm³/mol. The van der Waals surface area contributed by atoms with Gasteiger partial charge in [-0.25, -0.2) is 4.98 Å². The van der Waals surface area contributed by atoms with E-state index in [9.17, 15) is 9.59 Å². The average Bonchev–Trinajstić information content (AvgIpc) is 3.07. The summed E-state index contributed by atoms with van der Waals surface area (Å²) in [4.78, 5) is 29.1. The van der Waals surface area contributed by atoms with Crippen LogP contribution < -0.4 is 10.6 Å². The first kappa shape index (κ1) is 18.1. The third-order valence-corrected chi connectivity index (χ3v) is 4.95. The van der Waals surface area contributed by atoms with E-state index < -0.39 is 0 Å². The highest BCUT2D eigenvalue weighted by Crippen LogP contribution is 2.27. The lowest BCUT2D eigenvalue weighted by molar-refractivity contribution is 0.102. The fraction of sp³-hybridized carbons (Fsp3) is 0.105. The van der Waals surface area contributed by atoms with Gasteiger partial charge in [0, 0.05) is 5.56 Å². The molecule has 1 heterocycles. The van der Waals surface area contributed by atoms with Crippen LogP contribution in [0.3, 0.4) is 0 Å². The minimum absolute atomic E-state index is 0.270. The number of aryl methyl sites for hydroxylation is 2. The Hall–Kier alpha value is -2.70. The number of nitrogens with zero attached hydrogens (tertiary/aromatic N) is 1. The van der Waals surface area contributed by atoms with Gasteiger partial charge in [-0.1, -0.05) is 52.8 Å². The molecular weight excluding hydrogens is 370 g/mol. The largest absolute Gasteiger partial charge is 0.320 e. The number of para-hydroxylation sites is 1. The summed E-state index contributed by atoms with van der Waals surface area (Å²) in [5, 5.41) is 6.31. The van der Waals surface area contributed by atoms with Gasteiger partial charge in [0.2, 0.25) is 0 Å². The summed E-state index contributed by atoms with van der Waals surface area (Å²) in [7, 11) is 0. The molecule has 5 nitrogen and oxygen atoms in total. The molecule has 0 bridgehead atoms. The van der Waals surface area contributed by atoms with Gasteiger partial charge in [0.25, 0.3) is 11.8 Å². The van der Waals surface area contributed by atoms with Gasteiger partial charge in [-0.15, -0.1) is 0 Å². The van der Waals surface area contributed by atoms with Crippen LogP contribution in [0.4, 0.5) is 10.8 Å². The van der Waals surface area contributed by atoms with Crippen molar-refractivity contribution in [1.29, 1.82) is 0 Å². The number of rotatable bonds is 4. The van der Waals surface area contributed by atoms with Gasteiger partial charge < -0.3 is 5.32 Å². The maximum Gasteiger partial charge on any atom is 0.267 e. The highest BCUT2D eigenvalue weighted by atomic mass is 35.5. The number of halogens is 1. The van der Waals surface area contributed by atoms with Crippen molar-refractivity contribution in [3.8, 4) is 0 Å². The third kappa shape index (κ3) is 4.09. The Morgan fingerprint density at radius 3 is 2.42 bits per heavy atom. The molecule has 2 N–H and O–H groups in total. The molecule has 0 radical (unpaired) electrons. The number of carbonyl (C=O) groups excluding carboxylic acids is 2. The van der Waals surface area contributed by atoms with Gasteiger partial charge in [-0.2, -0.15) is 0 Å². The first-order valence-electron chi connectivity index (χ1n) is 7.84. The summed E-state index contributed by atoms with van der Waals surface area (Å²) in [6.45, 7) is 3.81. The van der Waals surface area contributed by atoms with Crippen molar-refractivity contribution in [2.75, 3.05) is 10.6 Å². The summed E-state index contributed by atoms with van der Waals surface area (Å²) in [5.41, 5.74) is 3.04. The van der Waals surface area contributed by atoms with E-state index >= 15 is 0 Å². The van der Waals surface area contributed by atoms with Crippen LogP contribution in [0.5, 0.6) is 0 Å². The van der Waals surface area contributed by atoms with E-state index in [1.165, 1.54) is 6.20 Å². The molecular formula is C19H16ClN3O2S. The van der Waals surface area contributed by atoms with E-state index in [4.69, 9.17) is 11.6 Å². The second kappa shape index (κ2) is 7.68. The lowest BCUT2D eigenvalue weighted by Gasteiger charge is -2.08. The molecule has 2 amide bonds. The minimum atomic E-state index is -0.325. The van der Waals surface area contributed by atoms with E-state index in [0.29, 0.717) is 26.3 Å². The molecule has 0 atom stereocenters. The Kier molecular flexibility index (Phi) is 5.35. The molecule has 26 heavy (non-hydrogen) atoms. The van der Waals surface area contributed by atoms with Crippen molar-refractivity contribution in [2.24, 2.45) is 0 Å². The van der Waals surface area contributed by atoms with Gasteiger partial charge in [0.15, 0.2) is 5.13 Å². The SMILES string of the molecule is Cc1ccc(C(=O)Nc2ncc(C(=O)Nc3c(C)cccc3Cl)s2)cc1. The minimum Gasteiger partial charge on any atom is -0.320 e. The second-order valence-corrected chi connectivity index (χ2v) is 7.17. The van der Waals surface area contributed by atoms with Crippen LogP contribution in [0.2, 0.25) is 5.02 Å². The van der Waals surface area contributed by atoms with Crippen LogP contribution >= 0.6 is 22.9 Å². The lowest BCUT2D eigenvalue weighted by Crippen LogP contribution is -2.12. The molecule has 7 heteroatoms. The number of thiazole rings is 1. The van der Waals surface area contributed by atoms with Crippen LogP contribution in [-0.4, -0.2) is 16.8 Å². The Bertz CT molecular complexity index is 947. The Morgan fingerprint density at radius 2 is 1.73 bits per heavy atom. The van der Waals surface area contributed by atoms with E-state index in [2.05, 4.69) is 15.6 Å². The van der Waals surface area contributed by atoms with E-state index in [1.54, 1.807) is 18.2 Å². The van der Waals surface area contributed by atoms with Crippen molar-refractivity contribution in [3.05, 3.63) is 75.3 Å². The van der Waals surface area contributed by atoms with E-state index in [1.807, 2.05) is 38.1 Å². The maximum absolute atomic E-state index is 12.4. The fourth-order valence-corrected chi connectivity index (χ4v) is 3.25. The number of anilines is 2. The summed E-state index contributed by atoms with van der Waals surface area (Å²) in [6.07, 6.45) is 1.43. The van der Waals surface area contributed by atoms with Crippen molar-refractivity contribution in [1.82, 2.24) is 4.98 Å². The highest BCUT2D eigenvalue weighted by molar-refractivity contribution is 7.17. The molecule has 0 fully saturated rings. The first-order chi connectivity index (χ1) is 12.4. The second-order valence-electron chi connectivity index (χ2n) is 5.74. The molecule has 3 aromatic rings. The predicted octanol–water partition coefficient (Wildman–Crippen LogP) is 4.92. The Labute approximate surface area is 160 Å². The number of nitrogens with one attached hydrogen (secondary N) is 2. The highest BCUT2D eigenvalue weighted by Gasteiger charge is 2.15. The number of carbonyl (C=O) groups is 2. The van der Waals surface area contributed by atoms with Crippen molar-refractivity contribution in [2.45, 2.75) is 13.8 Å². The zero-order valence-corrected chi connectivity index (χ0v) is 15.7. The zero-order valence-electron chi connectivity index (χ0n) is 14.2. The van der Waals surface area contributed by atoms with Crippen LogP contribution in [0.1, 0.15) is 31.2 Å². The quantitative estimate of drug-likeness (QED) is 0.669. The Balaban J connectivity index is 1.70. The van der Waals surface area contributed by atoms with Crippen LogP contribution in [0, 0.1) is 13.8 Å². The fourth-order valence-electron chi connectivity index (χ4n) is 2.28. The van der Waals surface area contributed by atoms with Crippen molar-refractivity contribution >= 4 is 45.6 Å². The van der Waals surface area contributed by atoms with Crippen LogP contribution in [-0.2, 0) is 0 Å². The monoisotopic (exact) mass is 385 g/mol. The standard InChI is InChI=1S/C19H16ClN3O2S/c1-11-6-8-13(9-7-11)17(24)23-19-21-10-15(26-19)18(25)22-16-12(2)4-3-5-14(16)20/h3-10H,1-2H3,(H,22,25)(H,21,23,24). The van der Waals surface area contributed by atoms with Crippen molar-refractivity contribution < 1.29 is 9.59 Å². The van der Waals surface area contributed by atoms with Crippen LogP contribution in [0.25, 0.3) is 0 Å². The molecule has 0 saturated heterocycles. The topological polar surface area (TPSA) is 71.1 Å². The number of hydrogen-bond donors (Lipinski definition) is 2. The molecule has 1 aromatic heterocycles. The normalized spacial score (nSPS) is 10.4. The summed E-state index contributed by atoms with van der Waals surface area (Å²) in [6, 6.07) is 12.6. The summed E-state index contributed by atoms with van der Waals surface area (Å²) in [5.74, 6) is -0.595. The lowest BCUT2D eigenvalue weighted by atomic mass is 10.1. The van der Waals surface area contributed by atoms with Crippen LogP contribution in [0.15, 0.2) is 48.7 Å². The summed E-state index contributed by atoms with van der Waals surface area (Å²) < 4.78 is 0. The number of benzene rings is 2. The van der Waals surface area contributed by atoms with Gasteiger partial charge >= 0.3 is 0 Å². The van der Waals surface area contributed by atoms with E-state index in [-0.39, 0.29) is 11.8 Å². The molecule has 0 aliphatic rings. The smallest absolute Gasteiger partial charge is 0.267 e. The molecule has 0 aliphatic heterocycles. The molecule has 0 unspecified atom stereocenters. The zero-order chi connectivity index (χ0) is 18.7. The number of aromatic nitrogens is 1. The molecule has 2 aromatic carbocycles. The number of hydrogen-bond acceptors (Lipinski definition) is 4. The molecule has 0 saturated carbocycles. The van der Waals surface area contributed by atoms with Gasteiger partial charge in [-0.05, 0) is 37.6 Å². The van der Waals surface area contributed by atoms with Gasteiger partial charge in [0.05, 0.1) is 16.9 Å². The molecule has 3 rings (SSSR count). The number of amides is 2. The van der Waals surface area contributed by atoms with Gasteiger partial charge in [-0.3, -0.25) is 14.9 Å². The average molecular weight is 386 g/mol. The summed E-state index contributed by atoms with van der Waals surface area (Å²) >= 11 is 7.23. The van der Waals surface area contributed by atoms with E-state index in [0.717, 1.165) is 22.5 Å². The Morgan fingerprint density at radius 1 is 1.00 bits per heavy atom. The van der Waals surface area contributed by atoms with Gasteiger partial charge in [0.1, 0.15) is 4.88 Å². The first-order valence-corrected chi connectivity index (χ1v) is 9.04. The molecule has 0 aliphatic carbocycles. The molecule has 132 valence electrons. The maximum atomic E-state index is 12.4. The van der Waals surface area contributed by atoms with Crippen molar-refractivity contribution in [3.63, 3.8) is 0 Å². The third-order valence-electron chi connectivity index (χ3n) is 3.72.